The van der Waals surface area contributed by atoms with Crippen molar-refractivity contribution in [2.75, 3.05) is 26.2 Å². The monoisotopic (exact) mass is 368 g/mol. The van der Waals surface area contributed by atoms with Crippen molar-refractivity contribution in [1.82, 2.24) is 19.8 Å². The van der Waals surface area contributed by atoms with Crippen LogP contribution in [0.25, 0.3) is 11.4 Å². The molecule has 2 aromatic rings. The van der Waals surface area contributed by atoms with E-state index in [0.717, 1.165) is 50.1 Å². The van der Waals surface area contributed by atoms with Gasteiger partial charge in [0.25, 0.3) is 0 Å². The number of hydrogen-bond donors (Lipinski definition) is 1. The maximum atomic E-state index is 12.7. The first-order valence-corrected chi connectivity index (χ1v) is 9.72. The van der Waals surface area contributed by atoms with Crippen LogP contribution in [0.1, 0.15) is 32.3 Å². The Morgan fingerprint density at radius 2 is 2.00 bits per heavy atom. The second-order valence-corrected chi connectivity index (χ2v) is 7.00. The van der Waals surface area contributed by atoms with Gasteiger partial charge in [-0.2, -0.15) is 0 Å². The van der Waals surface area contributed by atoms with Crippen LogP contribution in [0.5, 0.6) is 5.75 Å². The minimum Gasteiger partial charge on any atom is -0.508 e. The van der Waals surface area contributed by atoms with Gasteiger partial charge in [0.15, 0.2) is 5.82 Å². The number of benzene rings is 1. The van der Waals surface area contributed by atoms with Gasteiger partial charge in [0.1, 0.15) is 5.75 Å². The van der Waals surface area contributed by atoms with Gasteiger partial charge in [0, 0.05) is 49.7 Å². The van der Waals surface area contributed by atoms with Crippen LogP contribution in [0, 0.1) is 5.92 Å². The van der Waals surface area contributed by atoms with Crippen molar-refractivity contribution in [3.63, 3.8) is 0 Å². The lowest BCUT2D eigenvalue weighted by atomic mass is 9.95. The highest BCUT2D eigenvalue weighted by atomic mass is 16.3. The minimum atomic E-state index is 0.0430. The molecule has 27 heavy (non-hydrogen) atoms. The van der Waals surface area contributed by atoms with Crippen molar-refractivity contribution >= 4 is 5.91 Å². The quantitative estimate of drug-likeness (QED) is 0.849. The van der Waals surface area contributed by atoms with Crippen LogP contribution in [0.2, 0.25) is 0 Å². The molecule has 1 amide bonds. The fourth-order valence-corrected chi connectivity index (χ4v) is 3.73. The first kappa shape index (κ1) is 19.3. The number of phenolic OH excluding ortho intramolecular Hbond substituents is 1. The van der Waals surface area contributed by atoms with Gasteiger partial charge in [-0.25, -0.2) is 9.97 Å². The third kappa shape index (κ3) is 4.63. The van der Waals surface area contributed by atoms with Crippen LogP contribution in [0.15, 0.2) is 36.7 Å². The van der Waals surface area contributed by atoms with E-state index in [1.54, 1.807) is 24.5 Å². The van der Waals surface area contributed by atoms with Crippen LogP contribution in [0.3, 0.4) is 0 Å². The summed E-state index contributed by atoms with van der Waals surface area (Å²) >= 11 is 0. The molecule has 0 bridgehead atoms. The molecule has 2 heterocycles. The summed E-state index contributed by atoms with van der Waals surface area (Å²) in [7, 11) is 0. The summed E-state index contributed by atoms with van der Waals surface area (Å²) in [5.74, 6) is 1.21. The molecule has 1 aliphatic heterocycles. The summed E-state index contributed by atoms with van der Waals surface area (Å²) in [6.07, 6.45) is 5.36. The van der Waals surface area contributed by atoms with E-state index < -0.39 is 0 Å². The number of phenols is 1. The normalized spacial score (nSPS) is 17.6. The maximum Gasteiger partial charge on any atom is 0.226 e. The Kier molecular flexibility index (Phi) is 6.40. The predicted octanol–water partition coefficient (Wildman–Crippen LogP) is 2.93. The molecule has 1 N–H and O–H groups in total. The van der Waals surface area contributed by atoms with Crippen molar-refractivity contribution in [3.05, 3.63) is 42.2 Å². The van der Waals surface area contributed by atoms with E-state index in [4.69, 9.17) is 0 Å². The number of hydrogen-bond acceptors (Lipinski definition) is 5. The first-order valence-electron chi connectivity index (χ1n) is 9.72. The van der Waals surface area contributed by atoms with E-state index in [9.17, 15) is 9.90 Å². The molecule has 0 radical (unpaired) electrons. The summed E-state index contributed by atoms with van der Waals surface area (Å²) in [5.41, 5.74) is 1.73. The van der Waals surface area contributed by atoms with Crippen molar-refractivity contribution in [2.45, 2.75) is 33.2 Å². The highest BCUT2D eigenvalue weighted by molar-refractivity contribution is 5.79. The topological polar surface area (TPSA) is 69.6 Å². The van der Waals surface area contributed by atoms with Gasteiger partial charge >= 0.3 is 0 Å². The number of aromatic hydroxyl groups is 1. The van der Waals surface area contributed by atoms with Crippen molar-refractivity contribution < 1.29 is 9.90 Å². The molecule has 1 fully saturated rings. The first-order chi connectivity index (χ1) is 13.1. The van der Waals surface area contributed by atoms with Gasteiger partial charge in [-0.05, 0) is 57.5 Å². The van der Waals surface area contributed by atoms with Crippen LogP contribution < -0.4 is 0 Å². The standard InChI is InChI=1S/C21H28N4O2/c1-3-25(4-2)21(27)17-7-5-12-24(14-17)15-18-13-16(8-9-19(18)26)20-22-10-6-11-23-20/h6,8-11,13,17,26H,3-5,7,12,14-15H2,1-2H3/t17-/m1/s1. The Morgan fingerprint density at radius 3 is 2.70 bits per heavy atom. The summed E-state index contributed by atoms with van der Waals surface area (Å²) in [6.45, 7) is 7.86. The van der Waals surface area contributed by atoms with Crippen LogP contribution >= 0.6 is 0 Å². The third-order valence-electron chi connectivity index (χ3n) is 5.23. The molecule has 1 saturated heterocycles. The fourth-order valence-electron chi connectivity index (χ4n) is 3.73. The Balaban J connectivity index is 1.72. The molecule has 1 aliphatic rings. The third-order valence-corrected chi connectivity index (χ3v) is 5.23. The van der Waals surface area contributed by atoms with Crippen LogP contribution in [-0.2, 0) is 11.3 Å². The van der Waals surface area contributed by atoms with Gasteiger partial charge in [0.2, 0.25) is 5.91 Å². The maximum absolute atomic E-state index is 12.7. The predicted molar refractivity (Wildman–Crippen MR) is 105 cm³/mol. The van der Waals surface area contributed by atoms with Crippen LogP contribution in [-0.4, -0.2) is 57.0 Å². The van der Waals surface area contributed by atoms with Crippen LogP contribution in [0.4, 0.5) is 0 Å². The zero-order valence-electron chi connectivity index (χ0n) is 16.1. The number of rotatable bonds is 6. The summed E-state index contributed by atoms with van der Waals surface area (Å²) < 4.78 is 0. The molecular formula is C21H28N4O2. The van der Waals surface area contributed by atoms with Crippen molar-refractivity contribution in [2.24, 2.45) is 5.92 Å². The molecular weight excluding hydrogens is 340 g/mol. The summed E-state index contributed by atoms with van der Waals surface area (Å²) in [4.78, 5) is 25.4. The SMILES string of the molecule is CCN(CC)C(=O)[C@@H]1CCCN(Cc2cc(-c3ncccn3)ccc2O)C1. The molecule has 6 heteroatoms. The second kappa shape index (κ2) is 8.95. The smallest absolute Gasteiger partial charge is 0.226 e. The Labute approximate surface area is 160 Å². The molecule has 1 aromatic carbocycles. The number of likely N-dealkylation sites (tertiary alicyclic amines) is 1. The molecule has 3 rings (SSSR count). The van der Waals surface area contributed by atoms with Gasteiger partial charge in [-0.1, -0.05) is 0 Å². The number of amides is 1. The molecule has 0 spiro atoms. The van der Waals surface area contributed by atoms with E-state index in [2.05, 4.69) is 14.9 Å². The van der Waals surface area contributed by atoms with Gasteiger partial charge < -0.3 is 10.0 Å². The molecule has 1 atom stereocenters. The summed E-state index contributed by atoms with van der Waals surface area (Å²) in [5, 5.41) is 10.3. The Bertz CT molecular complexity index is 762. The average Bonchev–Trinajstić information content (AvgIpc) is 2.71. The largest absolute Gasteiger partial charge is 0.508 e. The van der Waals surface area contributed by atoms with Gasteiger partial charge in [-0.3, -0.25) is 9.69 Å². The molecule has 0 unspecified atom stereocenters. The van der Waals surface area contributed by atoms with E-state index >= 15 is 0 Å². The van der Waals surface area contributed by atoms with E-state index in [1.807, 2.05) is 30.9 Å². The second-order valence-electron chi connectivity index (χ2n) is 7.00. The Morgan fingerprint density at radius 1 is 1.26 bits per heavy atom. The summed E-state index contributed by atoms with van der Waals surface area (Å²) in [6, 6.07) is 7.26. The highest BCUT2D eigenvalue weighted by Crippen LogP contribution is 2.27. The Hall–Kier alpha value is -2.47. The van der Waals surface area contributed by atoms with E-state index in [1.165, 1.54) is 0 Å². The lowest BCUT2D eigenvalue weighted by Gasteiger charge is -2.34. The van der Waals surface area contributed by atoms with E-state index in [-0.39, 0.29) is 17.6 Å². The van der Waals surface area contributed by atoms with E-state index in [0.29, 0.717) is 12.4 Å². The number of carbonyl (C=O) groups excluding carboxylic acids is 1. The number of piperidine rings is 1. The number of carbonyl (C=O) groups is 1. The molecule has 144 valence electrons. The molecule has 6 nitrogen and oxygen atoms in total. The lowest BCUT2D eigenvalue weighted by Crippen LogP contribution is -2.44. The molecule has 0 aliphatic carbocycles. The fraction of sp³-hybridized carbons (Fsp3) is 0.476. The lowest BCUT2D eigenvalue weighted by molar-refractivity contribution is -0.137. The van der Waals surface area contributed by atoms with Gasteiger partial charge in [-0.15, -0.1) is 0 Å². The average molecular weight is 368 g/mol. The molecule has 0 saturated carbocycles. The zero-order valence-corrected chi connectivity index (χ0v) is 16.1. The molecule has 1 aromatic heterocycles. The van der Waals surface area contributed by atoms with Gasteiger partial charge in [0.05, 0.1) is 5.92 Å². The highest BCUT2D eigenvalue weighted by Gasteiger charge is 2.28. The zero-order chi connectivity index (χ0) is 19.2. The number of aromatic nitrogens is 2. The minimum absolute atomic E-state index is 0.0430. The van der Waals surface area contributed by atoms with Crippen molar-refractivity contribution in [3.8, 4) is 17.1 Å². The van der Waals surface area contributed by atoms with Crippen molar-refractivity contribution in [1.29, 1.82) is 0 Å². The number of nitrogens with zero attached hydrogens (tertiary/aromatic N) is 4.